The lowest BCUT2D eigenvalue weighted by molar-refractivity contribution is -0.138. The Morgan fingerprint density at radius 1 is 1.18 bits per heavy atom. The normalized spacial score (nSPS) is 16.4. The average Bonchev–Trinajstić information content (AvgIpc) is 2.65. The van der Waals surface area contributed by atoms with Gasteiger partial charge in [-0.25, -0.2) is 9.79 Å². The minimum atomic E-state index is -0.546. The summed E-state index contributed by atoms with van der Waals surface area (Å²) in [5, 5.41) is 4.31. The molecular weight excluding hydrogens is 380 g/mol. The molecule has 28 heavy (non-hydrogen) atoms. The second-order valence-corrected chi connectivity index (χ2v) is 7.91. The maximum atomic E-state index is 12.7. The first-order chi connectivity index (χ1) is 13.4. The third kappa shape index (κ3) is 4.73. The number of methoxy groups -OCH3 is 3. The third-order valence-corrected chi connectivity index (χ3v) is 4.97. The summed E-state index contributed by atoms with van der Waals surface area (Å²) in [4.78, 5) is 17.5. The van der Waals surface area contributed by atoms with Gasteiger partial charge in [0.15, 0.2) is 16.7 Å². The van der Waals surface area contributed by atoms with Crippen LogP contribution < -0.4 is 19.5 Å². The highest BCUT2D eigenvalue weighted by Crippen LogP contribution is 2.43. The number of allylic oxidation sites excluding steroid dienone is 1. The fourth-order valence-electron chi connectivity index (χ4n) is 2.90. The fraction of sp³-hybridized carbons (Fsp3) is 0.500. The molecule has 1 unspecified atom stereocenters. The monoisotopic (exact) mass is 408 g/mol. The van der Waals surface area contributed by atoms with Gasteiger partial charge in [-0.05, 0) is 31.5 Å². The van der Waals surface area contributed by atoms with Crippen LogP contribution in [0, 0.1) is 0 Å². The maximum absolute atomic E-state index is 12.7. The first-order valence-corrected chi connectivity index (χ1v) is 9.93. The van der Waals surface area contributed by atoms with Gasteiger partial charge in [-0.15, -0.1) is 0 Å². The molecule has 1 aromatic carbocycles. The van der Waals surface area contributed by atoms with Gasteiger partial charge in [0.2, 0.25) is 5.75 Å². The molecule has 1 atom stereocenters. The van der Waals surface area contributed by atoms with E-state index < -0.39 is 12.0 Å². The standard InChI is InChI=1S/C20H28N2O5S/c1-8-27-19(23)16-12(4)21-20(28-11(2)3)22-17(16)13-9-14(24-5)18(26-7)15(10-13)25-6/h9-11,17H,8H2,1-7H3,(H,21,22). The highest BCUT2D eigenvalue weighted by molar-refractivity contribution is 8.14. The van der Waals surface area contributed by atoms with Crippen molar-refractivity contribution in [1.29, 1.82) is 0 Å². The Morgan fingerprint density at radius 3 is 2.25 bits per heavy atom. The summed E-state index contributed by atoms with van der Waals surface area (Å²) >= 11 is 1.60. The highest BCUT2D eigenvalue weighted by Gasteiger charge is 2.32. The van der Waals surface area contributed by atoms with Gasteiger partial charge in [-0.3, -0.25) is 0 Å². The van der Waals surface area contributed by atoms with Crippen LogP contribution in [0.4, 0.5) is 0 Å². The molecule has 0 spiro atoms. The zero-order valence-electron chi connectivity index (χ0n) is 17.4. The van der Waals surface area contributed by atoms with Gasteiger partial charge in [-0.2, -0.15) is 0 Å². The van der Waals surface area contributed by atoms with Crippen molar-refractivity contribution in [3.8, 4) is 17.2 Å². The Balaban J connectivity index is 2.62. The molecule has 0 aromatic heterocycles. The molecule has 1 N–H and O–H groups in total. The van der Waals surface area contributed by atoms with Crippen LogP contribution >= 0.6 is 11.8 Å². The number of hydrogen-bond acceptors (Lipinski definition) is 8. The van der Waals surface area contributed by atoms with Crippen LogP contribution in [0.2, 0.25) is 0 Å². The van der Waals surface area contributed by atoms with Gasteiger partial charge >= 0.3 is 5.97 Å². The van der Waals surface area contributed by atoms with Crippen molar-refractivity contribution in [3.05, 3.63) is 29.0 Å². The Labute approximate surface area is 170 Å². The number of carbonyl (C=O) groups excluding carboxylic acids is 1. The lowest BCUT2D eigenvalue weighted by Crippen LogP contribution is -2.31. The van der Waals surface area contributed by atoms with Gasteiger partial charge in [0.1, 0.15) is 6.04 Å². The Kier molecular flexibility index (Phi) is 7.62. The van der Waals surface area contributed by atoms with E-state index in [0.29, 0.717) is 28.1 Å². The summed E-state index contributed by atoms with van der Waals surface area (Å²) in [6.07, 6.45) is 0. The molecule has 1 aliphatic rings. The number of rotatable bonds is 7. The molecule has 8 heteroatoms. The smallest absolute Gasteiger partial charge is 0.338 e. The van der Waals surface area contributed by atoms with E-state index in [9.17, 15) is 4.79 Å². The number of thioether (sulfide) groups is 1. The van der Waals surface area contributed by atoms with E-state index in [4.69, 9.17) is 23.9 Å². The molecule has 1 aliphatic heterocycles. The number of hydrogen-bond donors (Lipinski definition) is 1. The first kappa shape index (κ1) is 21.9. The highest BCUT2D eigenvalue weighted by atomic mass is 32.2. The minimum absolute atomic E-state index is 0.287. The summed E-state index contributed by atoms with van der Waals surface area (Å²) in [6, 6.07) is 3.07. The molecule has 0 amide bonds. The third-order valence-electron chi connectivity index (χ3n) is 4.06. The van der Waals surface area contributed by atoms with Crippen molar-refractivity contribution in [2.75, 3.05) is 27.9 Å². The van der Waals surface area contributed by atoms with Gasteiger partial charge in [0.25, 0.3) is 0 Å². The molecule has 154 valence electrons. The molecule has 0 saturated heterocycles. The second-order valence-electron chi connectivity index (χ2n) is 6.35. The van der Waals surface area contributed by atoms with E-state index in [1.165, 1.54) is 0 Å². The van der Waals surface area contributed by atoms with Crippen molar-refractivity contribution >= 4 is 22.9 Å². The predicted molar refractivity (Wildman–Crippen MR) is 111 cm³/mol. The van der Waals surface area contributed by atoms with E-state index in [-0.39, 0.29) is 6.61 Å². The minimum Gasteiger partial charge on any atom is -0.493 e. The lowest BCUT2D eigenvalue weighted by Gasteiger charge is -2.27. The van der Waals surface area contributed by atoms with Crippen LogP contribution in [0.3, 0.4) is 0 Å². The summed E-state index contributed by atoms with van der Waals surface area (Å²) in [7, 11) is 4.66. The van der Waals surface area contributed by atoms with E-state index in [1.807, 2.05) is 19.1 Å². The number of amidine groups is 1. The Hall–Kier alpha value is -2.35. The van der Waals surface area contributed by atoms with Crippen molar-refractivity contribution in [3.63, 3.8) is 0 Å². The quantitative estimate of drug-likeness (QED) is 0.689. The molecule has 7 nitrogen and oxygen atoms in total. The molecule has 0 aliphatic carbocycles. The molecule has 0 radical (unpaired) electrons. The molecular formula is C20H28N2O5S. The Morgan fingerprint density at radius 2 is 1.79 bits per heavy atom. The molecule has 1 heterocycles. The summed E-state index contributed by atoms with van der Waals surface area (Å²) in [6.45, 7) is 8.09. The molecule has 0 fully saturated rings. The van der Waals surface area contributed by atoms with Gasteiger partial charge < -0.3 is 24.3 Å². The van der Waals surface area contributed by atoms with Gasteiger partial charge in [0, 0.05) is 10.9 Å². The van der Waals surface area contributed by atoms with E-state index in [2.05, 4.69) is 19.2 Å². The zero-order valence-corrected chi connectivity index (χ0v) is 18.2. The topological polar surface area (TPSA) is 78.4 Å². The van der Waals surface area contributed by atoms with E-state index >= 15 is 0 Å². The Bertz CT molecular complexity index is 764. The zero-order chi connectivity index (χ0) is 20.8. The van der Waals surface area contributed by atoms with Crippen LogP contribution in [0.15, 0.2) is 28.4 Å². The van der Waals surface area contributed by atoms with Crippen molar-refractivity contribution in [2.45, 2.75) is 39.0 Å². The molecule has 1 aromatic rings. The molecule has 0 bridgehead atoms. The van der Waals surface area contributed by atoms with Crippen LogP contribution in [0.25, 0.3) is 0 Å². The first-order valence-electron chi connectivity index (χ1n) is 9.05. The summed E-state index contributed by atoms with van der Waals surface area (Å²) in [5.74, 6) is 1.10. The SMILES string of the molecule is CCOC(=O)C1=C(C)NC(SC(C)C)=NC1c1cc(OC)c(OC)c(OC)c1. The van der Waals surface area contributed by atoms with Crippen LogP contribution in [0.1, 0.15) is 39.3 Å². The number of carbonyl (C=O) groups is 1. The number of nitrogens with one attached hydrogen (secondary N) is 1. The largest absolute Gasteiger partial charge is 0.493 e. The predicted octanol–water partition coefficient (Wildman–Crippen LogP) is 3.69. The van der Waals surface area contributed by atoms with Crippen molar-refractivity contribution in [2.24, 2.45) is 4.99 Å². The summed E-state index contributed by atoms with van der Waals surface area (Å²) in [5.41, 5.74) is 1.93. The number of ether oxygens (including phenoxy) is 4. The van der Waals surface area contributed by atoms with E-state index in [1.54, 1.807) is 40.0 Å². The van der Waals surface area contributed by atoms with E-state index in [0.717, 1.165) is 16.4 Å². The van der Waals surface area contributed by atoms with Gasteiger partial charge in [-0.1, -0.05) is 25.6 Å². The van der Waals surface area contributed by atoms with Crippen LogP contribution in [-0.2, 0) is 9.53 Å². The number of esters is 1. The lowest BCUT2D eigenvalue weighted by atomic mass is 9.96. The maximum Gasteiger partial charge on any atom is 0.338 e. The van der Waals surface area contributed by atoms with Crippen molar-refractivity contribution < 1.29 is 23.7 Å². The van der Waals surface area contributed by atoms with Crippen LogP contribution in [0.5, 0.6) is 17.2 Å². The molecule has 0 saturated carbocycles. The number of nitrogens with zero attached hydrogens (tertiary/aromatic N) is 1. The van der Waals surface area contributed by atoms with Gasteiger partial charge in [0.05, 0.1) is 33.5 Å². The number of benzene rings is 1. The van der Waals surface area contributed by atoms with Crippen LogP contribution in [-0.4, -0.2) is 44.3 Å². The fourth-order valence-corrected chi connectivity index (χ4v) is 3.73. The van der Waals surface area contributed by atoms with Crippen molar-refractivity contribution in [1.82, 2.24) is 5.32 Å². The second kappa shape index (κ2) is 9.73. The average molecular weight is 409 g/mol. The number of aliphatic imine (C=N–C) groups is 1. The summed E-state index contributed by atoms with van der Waals surface area (Å²) < 4.78 is 21.6. The molecule has 2 rings (SSSR count).